The van der Waals surface area contributed by atoms with E-state index in [1.165, 1.54) is 0 Å². The van der Waals surface area contributed by atoms with E-state index in [0.29, 0.717) is 5.92 Å². The molecule has 1 aliphatic carbocycles. The number of nitrogens with zero attached hydrogens (tertiary/aromatic N) is 1. The van der Waals surface area contributed by atoms with E-state index >= 15 is 0 Å². The van der Waals surface area contributed by atoms with Crippen LogP contribution in [0.4, 0.5) is 4.39 Å². The summed E-state index contributed by atoms with van der Waals surface area (Å²) in [5.41, 5.74) is -1.94. The van der Waals surface area contributed by atoms with Gasteiger partial charge in [0.1, 0.15) is 0 Å². The van der Waals surface area contributed by atoms with Crippen molar-refractivity contribution in [3.63, 3.8) is 0 Å². The molecule has 82 valence electrons. The molecule has 0 aliphatic heterocycles. The number of rotatable bonds is 2. The molecule has 0 saturated heterocycles. The minimum atomic E-state index is -1.30. The molecule has 1 heterocycles. The minimum Gasteiger partial charge on any atom is -0.492 e. The normalized spacial score (nSPS) is 16.3. The van der Waals surface area contributed by atoms with Crippen molar-refractivity contribution in [3.05, 3.63) is 26.7 Å². The van der Waals surface area contributed by atoms with Crippen molar-refractivity contribution in [3.8, 4) is 5.88 Å². The van der Waals surface area contributed by atoms with E-state index in [1.807, 2.05) is 4.98 Å². The third-order valence-corrected chi connectivity index (χ3v) is 2.78. The topological polar surface area (TPSA) is 75.1 Å². The van der Waals surface area contributed by atoms with Gasteiger partial charge in [0.15, 0.2) is 0 Å². The molecule has 5 nitrogen and oxygen atoms in total. The molecule has 1 aromatic rings. The second-order valence-electron chi connectivity index (χ2n) is 3.80. The maximum Gasteiger partial charge on any atom is 0.331 e. The number of aromatic hydroxyl groups is 1. The number of halogens is 1. The summed E-state index contributed by atoms with van der Waals surface area (Å²) in [4.78, 5) is 23.9. The summed E-state index contributed by atoms with van der Waals surface area (Å²) in [6.45, 7) is 0.262. The molecule has 0 spiro atoms. The Balaban J connectivity index is 2.41. The van der Waals surface area contributed by atoms with Gasteiger partial charge in [0.25, 0.3) is 5.56 Å². The van der Waals surface area contributed by atoms with Crippen LogP contribution in [-0.4, -0.2) is 14.7 Å². The van der Waals surface area contributed by atoms with Crippen molar-refractivity contribution in [2.45, 2.75) is 25.8 Å². The lowest BCUT2D eigenvalue weighted by molar-refractivity contribution is 0.250. The van der Waals surface area contributed by atoms with Crippen molar-refractivity contribution in [1.29, 1.82) is 0 Å². The van der Waals surface area contributed by atoms with Gasteiger partial charge in [-0.25, -0.2) is 4.79 Å². The molecule has 0 bridgehead atoms. The van der Waals surface area contributed by atoms with Gasteiger partial charge in [-0.15, -0.1) is 0 Å². The lowest BCUT2D eigenvalue weighted by Crippen LogP contribution is -2.34. The molecule has 0 aromatic carbocycles. The van der Waals surface area contributed by atoms with Crippen LogP contribution in [0.3, 0.4) is 0 Å². The Hall–Kier alpha value is -1.59. The predicted octanol–water partition coefficient (Wildman–Crippen LogP) is 0.181. The van der Waals surface area contributed by atoms with Gasteiger partial charge in [0, 0.05) is 6.54 Å². The summed E-state index contributed by atoms with van der Waals surface area (Å²) in [5.74, 6) is -1.87. The monoisotopic (exact) mass is 214 g/mol. The first-order valence-corrected chi connectivity index (χ1v) is 4.81. The van der Waals surface area contributed by atoms with Crippen LogP contribution < -0.4 is 11.2 Å². The van der Waals surface area contributed by atoms with E-state index in [1.54, 1.807) is 0 Å². The number of hydrogen-bond acceptors (Lipinski definition) is 3. The Kier molecular flexibility index (Phi) is 2.34. The van der Waals surface area contributed by atoms with Gasteiger partial charge in [0.05, 0.1) is 0 Å². The Morgan fingerprint density at radius 3 is 2.67 bits per heavy atom. The average Bonchev–Trinajstić information content (AvgIpc) is 2.11. The van der Waals surface area contributed by atoms with Crippen LogP contribution >= 0.6 is 0 Å². The van der Waals surface area contributed by atoms with Crippen LogP contribution in [0.25, 0.3) is 0 Å². The lowest BCUT2D eigenvalue weighted by atomic mass is 9.85. The third kappa shape index (κ3) is 1.67. The molecular formula is C9H11FN2O3. The van der Waals surface area contributed by atoms with Crippen molar-refractivity contribution in [1.82, 2.24) is 9.55 Å². The minimum absolute atomic E-state index is 0.262. The van der Waals surface area contributed by atoms with Gasteiger partial charge < -0.3 is 5.11 Å². The number of hydrogen-bond donors (Lipinski definition) is 2. The largest absolute Gasteiger partial charge is 0.492 e. The molecule has 0 amide bonds. The molecule has 1 aromatic heterocycles. The van der Waals surface area contributed by atoms with Crippen molar-refractivity contribution < 1.29 is 9.50 Å². The van der Waals surface area contributed by atoms with E-state index in [9.17, 15) is 19.1 Å². The Bertz CT molecular complexity index is 487. The number of nitrogens with one attached hydrogen (secondary N) is 1. The van der Waals surface area contributed by atoms with E-state index in [4.69, 9.17) is 0 Å². The van der Waals surface area contributed by atoms with Crippen molar-refractivity contribution in [2.75, 3.05) is 0 Å². The fourth-order valence-electron chi connectivity index (χ4n) is 1.64. The average molecular weight is 214 g/mol. The molecular weight excluding hydrogens is 203 g/mol. The molecule has 0 unspecified atom stereocenters. The van der Waals surface area contributed by atoms with Gasteiger partial charge >= 0.3 is 5.69 Å². The van der Waals surface area contributed by atoms with Gasteiger partial charge in [-0.2, -0.15) is 4.39 Å². The Morgan fingerprint density at radius 2 is 2.13 bits per heavy atom. The van der Waals surface area contributed by atoms with E-state index in [-0.39, 0.29) is 6.54 Å². The van der Waals surface area contributed by atoms with Crippen LogP contribution in [0.5, 0.6) is 5.88 Å². The standard InChI is InChI=1S/C9H11FN2O3/c10-6-7(13)11-9(15)12(8(6)14)4-5-2-1-3-5/h5,14H,1-4H2,(H,11,13,15). The zero-order valence-corrected chi connectivity index (χ0v) is 7.99. The Labute approximate surface area is 84.2 Å². The first kappa shape index (κ1) is 9.95. The molecule has 0 radical (unpaired) electrons. The van der Waals surface area contributed by atoms with Gasteiger partial charge in [-0.3, -0.25) is 14.3 Å². The summed E-state index contributed by atoms with van der Waals surface area (Å²) < 4.78 is 13.9. The van der Waals surface area contributed by atoms with E-state index in [2.05, 4.69) is 0 Å². The van der Waals surface area contributed by atoms with Crippen molar-refractivity contribution >= 4 is 0 Å². The molecule has 0 atom stereocenters. The lowest BCUT2D eigenvalue weighted by Gasteiger charge is -2.25. The molecule has 1 aliphatic rings. The second-order valence-corrected chi connectivity index (χ2v) is 3.80. The summed E-state index contributed by atoms with van der Waals surface area (Å²) in [5, 5.41) is 9.30. The zero-order chi connectivity index (χ0) is 11.0. The molecule has 1 fully saturated rings. The number of H-pyrrole nitrogens is 1. The molecule has 6 heteroatoms. The van der Waals surface area contributed by atoms with Gasteiger partial charge in [-0.1, -0.05) is 6.42 Å². The zero-order valence-electron chi connectivity index (χ0n) is 7.99. The second kappa shape index (κ2) is 3.52. The summed E-state index contributed by atoms with van der Waals surface area (Å²) >= 11 is 0. The maximum atomic E-state index is 13.0. The first-order chi connectivity index (χ1) is 7.09. The quantitative estimate of drug-likeness (QED) is 0.737. The fourth-order valence-corrected chi connectivity index (χ4v) is 1.64. The first-order valence-electron chi connectivity index (χ1n) is 4.81. The van der Waals surface area contributed by atoms with Crippen LogP contribution in [0.2, 0.25) is 0 Å². The molecule has 15 heavy (non-hydrogen) atoms. The SMILES string of the molecule is O=c1[nH]c(=O)n(CC2CCC2)c(O)c1F. The smallest absolute Gasteiger partial charge is 0.331 e. The highest BCUT2D eigenvalue weighted by Gasteiger charge is 2.21. The van der Waals surface area contributed by atoms with Gasteiger partial charge in [0.2, 0.25) is 11.7 Å². The molecule has 2 rings (SSSR count). The third-order valence-electron chi connectivity index (χ3n) is 2.78. The van der Waals surface area contributed by atoms with Crippen molar-refractivity contribution in [2.24, 2.45) is 5.92 Å². The highest BCUT2D eigenvalue weighted by Crippen LogP contribution is 2.28. The molecule has 1 saturated carbocycles. The van der Waals surface area contributed by atoms with Crippen LogP contribution in [0.15, 0.2) is 9.59 Å². The van der Waals surface area contributed by atoms with Crippen LogP contribution in [0.1, 0.15) is 19.3 Å². The van der Waals surface area contributed by atoms with E-state index in [0.717, 1.165) is 23.8 Å². The molecule has 2 N–H and O–H groups in total. The highest BCUT2D eigenvalue weighted by molar-refractivity contribution is 5.09. The Morgan fingerprint density at radius 1 is 1.47 bits per heavy atom. The summed E-state index contributed by atoms with van der Waals surface area (Å²) in [7, 11) is 0. The predicted molar refractivity (Wildman–Crippen MR) is 50.3 cm³/mol. The summed E-state index contributed by atoms with van der Waals surface area (Å²) in [6.07, 6.45) is 3.02. The van der Waals surface area contributed by atoms with E-state index < -0.39 is 22.9 Å². The summed E-state index contributed by atoms with van der Waals surface area (Å²) in [6, 6.07) is 0. The highest BCUT2D eigenvalue weighted by atomic mass is 19.1. The fraction of sp³-hybridized carbons (Fsp3) is 0.556. The maximum absolute atomic E-state index is 13.0. The van der Waals surface area contributed by atoms with Crippen LogP contribution in [0, 0.1) is 11.7 Å². The number of aromatic amines is 1. The van der Waals surface area contributed by atoms with Gasteiger partial charge in [-0.05, 0) is 18.8 Å². The number of aromatic nitrogens is 2. The van der Waals surface area contributed by atoms with Crippen LogP contribution in [-0.2, 0) is 6.54 Å².